The number of hydrogen-bond acceptors (Lipinski definition) is 3. The molecule has 2 unspecified atom stereocenters. The fourth-order valence-corrected chi connectivity index (χ4v) is 2.21. The van der Waals surface area contributed by atoms with Gasteiger partial charge in [-0.2, -0.15) is 0 Å². The molecule has 1 N–H and O–H groups in total. The van der Waals surface area contributed by atoms with Crippen molar-refractivity contribution in [1.29, 1.82) is 0 Å². The summed E-state index contributed by atoms with van der Waals surface area (Å²) in [5, 5.41) is 9.52. The van der Waals surface area contributed by atoms with E-state index < -0.39 is 0 Å². The van der Waals surface area contributed by atoms with E-state index in [-0.39, 0.29) is 18.1 Å². The van der Waals surface area contributed by atoms with E-state index in [1.54, 1.807) is 0 Å². The van der Waals surface area contributed by atoms with Gasteiger partial charge in [0.1, 0.15) is 0 Å². The van der Waals surface area contributed by atoms with Crippen LogP contribution in [-0.2, 0) is 16.1 Å². The van der Waals surface area contributed by atoms with Crippen molar-refractivity contribution in [3.8, 4) is 0 Å². The summed E-state index contributed by atoms with van der Waals surface area (Å²) in [4.78, 5) is 0. The molecule has 0 radical (unpaired) electrons. The molecule has 1 saturated heterocycles. The van der Waals surface area contributed by atoms with Crippen LogP contribution in [0.1, 0.15) is 18.9 Å². The Labute approximate surface area is 102 Å². The third kappa shape index (κ3) is 2.86. The lowest BCUT2D eigenvalue weighted by atomic mass is 9.83. The van der Waals surface area contributed by atoms with Crippen LogP contribution in [-0.4, -0.2) is 31.0 Å². The predicted molar refractivity (Wildman–Crippen MR) is 65.6 cm³/mol. The van der Waals surface area contributed by atoms with Crippen LogP contribution in [0.3, 0.4) is 0 Å². The van der Waals surface area contributed by atoms with Crippen molar-refractivity contribution in [2.24, 2.45) is 5.41 Å². The van der Waals surface area contributed by atoms with Crippen molar-refractivity contribution >= 4 is 0 Å². The van der Waals surface area contributed by atoms with E-state index in [0.29, 0.717) is 13.2 Å². The van der Waals surface area contributed by atoms with Gasteiger partial charge >= 0.3 is 0 Å². The molecular weight excluding hydrogens is 216 g/mol. The first-order valence-electron chi connectivity index (χ1n) is 6.11. The van der Waals surface area contributed by atoms with Crippen molar-refractivity contribution in [3.63, 3.8) is 0 Å². The third-order valence-electron chi connectivity index (χ3n) is 3.65. The van der Waals surface area contributed by atoms with E-state index in [1.165, 1.54) is 0 Å². The largest absolute Gasteiger partial charge is 0.396 e. The molecule has 0 aromatic heterocycles. The molecule has 1 aromatic rings. The smallest absolute Gasteiger partial charge is 0.0717 e. The van der Waals surface area contributed by atoms with Crippen LogP contribution in [0.15, 0.2) is 30.3 Å². The first-order chi connectivity index (χ1) is 8.27. The Kier molecular flexibility index (Phi) is 4.15. The van der Waals surface area contributed by atoms with Crippen molar-refractivity contribution < 1.29 is 14.6 Å². The minimum atomic E-state index is -0.214. The third-order valence-corrected chi connectivity index (χ3v) is 3.65. The molecule has 94 valence electrons. The van der Waals surface area contributed by atoms with E-state index >= 15 is 0 Å². The summed E-state index contributed by atoms with van der Waals surface area (Å²) >= 11 is 0. The van der Waals surface area contributed by atoms with Gasteiger partial charge in [-0.05, 0) is 18.9 Å². The van der Waals surface area contributed by atoms with Gasteiger partial charge in [0, 0.05) is 12.0 Å². The standard InChI is InChI=1S/C14H20O3/c1-12-14(10-15,7-8-17-12)11-16-9-13-5-3-2-4-6-13/h2-6,12,15H,7-11H2,1H3. The lowest BCUT2D eigenvalue weighted by molar-refractivity contribution is -0.0410. The molecule has 0 spiro atoms. The average Bonchev–Trinajstić information content (AvgIpc) is 2.73. The molecule has 0 aliphatic carbocycles. The zero-order valence-electron chi connectivity index (χ0n) is 10.3. The fraction of sp³-hybridized carbons (Fsp3) is 0.571. The normalized spacial score (nSPS) is 28.5. The highest BCUT2D eigenvalue weighted by Crippen LogP contribution is 2.34. The number of rotatable bonds is 5. The van der Waals surface area contributed by atoms with E-state index in [0.717, 1.165) is 18.6 Å². The summed E-state index contributed by atoms with van der Waals surface area (Å²) in [6.45, 7) is 4.00. The highest BCUT2D eigenvalue weighted by atomic mass is 16.5. The maximum Gasteiger partial charge on any atom is 0.0717 e. The molecule has 17 heavy (non-hydrogen) atoms. The molecule has 0 saturated carbocycles. The molecule has 2 rings (SSSR count). The molecule has 1 aliphatic heterocycles. The average molecular weight is 236 g/mol. The molecule has 1 aliphatic rings. The van der Waals surface area contributed by atoms with E-state index in [9.17, 15) is 5.11 Å². The van der Waals surface area contributed by atoms with Crippen LogP contribution in [0.4, 0.5) is 0 Å². The second-order valence-corrected chi connectivity index (χ2v) is 4.76. The Morgan fingerprint density at radius 2 is 2.18 bits per heavy atom. The zero-order valence-corrected chi connectivity index (χ0v) is 10.3. The maximum absolute atomic E-state index is 9.52. The molecule has 2 atom stereocenters. The number of ether oxygens (including phenoxy) is 2. The summed E-state index contributed by atoms with van der Waals surface area (Å²) < 4.78 is 11.3. The lowest BCUT2D eigenvalue weighted by Crippen LogP contribution is -2.37. The Balaban J connectivity index is 1.85. The zero-order chi connectivity index (χ0) is 12.1. The van der Waals surface area contributed by atoms with Gasteiger partial charge in [-0.15, -0.1) is 0 Å². The van der Waals surface area contributed by atoms with Crippen LogP contribution in [0.2, 0.25) is 0 Å². The molecule has 0 bridgehead atoms. The summed E-state index contributed by atoms with van der Waals surface area (Å²) in [6, 6.07) is 10.1. The molecular formula is C14H20O3. The first-order valence-corrected chi connectivity index (χ1v) is 6.11. The highest BCUT2D eigenvalue weighted by Gasteiger charge is 2.41. The van der Waals surface area contributed by atoms with Gasteiger partial charge in [-0.1, -0.05) is 30.3 Å². The number of hydrogen-bond donors (Lipinski definition) is 1. The minimum Gasteiger partial charge on any atom is -0.396 e. The van der Waals surface area contributed by atoms with Gasteiger partial charge in [0.15, 0.2) is 0 Å². The van der Waals surface area contributed by atoms with Crippen molar-refractivity contribution in [1.82, 2.24) is 0 Å². The van der Waals surface area contributed by atoms with Gasteiger partial charge in [0.05, 0.1) is 25.9 Å². The molecule has 0 amide bonds. The summed E-state index contributed by atoms with van der Waals surface area (Å²) in [5.41, 5.74) is 0.946. The van der Waals surface area contributed by atoms with Crippen LogP contribution in [0.25, 0.3) is 0 Å². The van der Waals surface area contributed by atoms with Gasteiger partial charge < -0.3 is 14.6 Å². The Morgan fingerprint density at radius 3 is 2.76 bits per heavy atom. The molecule has 1 fully saturated rings. The quantitative estimate of drug-likeness (QED) is 0.849. The van der Waals surface area contributed by atoms with Crippen LogP contribution < -0.4 is 0 Å². The summed E-state index contributed by atoms with van der Waals surface area (Å²) in [5.74, 6) is 0. The van der Waals surface area contributed by atoms with Crippen LogP contribution >= 0.6 is 0 Å². The Bertz CT molecular complexity index is 339. The minimum absolute atomic E-state index is 0.0725. The SMILES string of the molecule is CC1OCCC1(CO)COCc1ccccc1. The molecule has 1 heterocycles. The van der Waals surface area contributed by atoms with E-state index in [2.05, 4.69) is 0 Å². The van der Waals surface area contributed by atoms with Gasteiger partial charge in [0.2, 0.25) is 0 Å². The molecule has 1 aromatic carbocycles. The second kappa shape index (κ2) is 5.63. The first kappa shape index (κ1) is 12.6. The van der Waals surface area contributed by atoms with Crippen LogP contribution in [0, 0.1) is 5.41 Å². The van der Waals surface area contributed by atoms with Crippen molar-refractivity contribution in [2.45, 2.75) is 26.1 Å². The maximum atomic E-state index is 9.52. The Hall–Kier alpha value is -0.900. The van der Waals surface area contributed by atoms with Gasteiger partial charge in [0.25, 0.3) is 0 Å². The predicted octanol–water partition coefficient (Wildman–Crippen LogP) is 1.99. The number of aliphatic hydroxyl groups excluding tert-OH is 1. The lowest BCUT2D eigenvalue weighted by Gasteiger charge is -2.29. The van der Waals surface area contributed by atoms with E-state index in [1.807, 2.05) is 37.3 Å². The molecule has 3 heteroatoms. The highest BCUT2D eigenvalue weighted by molar-refractivity contribution is 5.13. The summed E-state index contributed by atoms with van der Waals surface area (Å²) in [7, 11) is 0. The van der Waals surface area contributed by atoms with Gasteiger partial charge in [-0.3, -0.25) is 0 Å². The summed E-state index contributed by atoms with van der Waals surface area (Å²) in [6.07, 6.45) is 0.947. The van der Waals surface area contributed by atoms with Crippen molar-refractivity contribution in [2.75, 3.05) is 19.8 Å². The number of aliphatic hydroxyl groups is 1. The van der Waals surface area contributed by atoms with E-state index in [4.69, 9.17) is 9.47 Å². The Morgan fingerprint density at radius 1 is 1.41 bits per heavy atom. The monoisotopic (exact) mass is 236 g/mol. The van der Waals surface area contributed by atoms with Crippen LogP contribution in [0.5, 0.6) is 0 Å². The van der Waals surface area contributed by atoms with Crippen molar-refractivity contribution in [3.05, 3.63) is 35.9 Å². The van der Waals surface area contributed by atoms with Gasteiger partial charge in [-0.25, -0.2) is 0 Å². The second-order valence-electron chi connectivity index (χ2n) is 4.76. The topological polar surface area (TPSA) is 38.7 Å². The number of benzene rings is 1. The fourth-order valence-electron chi connectivity index (χ4n) is 2.21. The molecule has 3 nitrogen and oxygen atoms in total.